The molecule has 0 saturated carbocycles. The minimum Gasteiger partial charge on any atom is -0.492 e. The van der Waals surface area contributed by atoms with Crippen molar-refractivity contribution in [3.8, 4) is 5.75 Å². The normalized spacial score (nSPS) is 12.8. The van der Waals surface area contributed by atoms with E-state index in [0.29, 0.717) is 12.0 Å². The van der Waals surface area contributed by atoms with Crippen LogP contribution in [0.2, 0.25) is 0 Å². The average Bonchev–Trinajstić information content (AvgIpc) is 2.35. The molecule has 1 aromatic carbocycles. The second-order valence-corrected chi connectivity index (χ2v) is 5.29. The molecular weight excluding hydrogens is 222 g/mol. The molecule has 2 heteroatoms. The maximum Gasteiger partial charge on any atom is 0.122 e. The highest BCUT2D eigenvalue weighted by Gasteiger charge is 2.05. The van der Waals surface area contributed by atoms with E-state index in [1.165, 1.54) is 11.1 Å². The first kappa shape index (κ1) is 15.0. The minimum atomic E-state index is 0.547. The van der Waals surface area contributed by atoms with Crippen molar-refractivity contribution in [2.75, 3.05) is 13.2 Å². The Morgan fingerprint density at radius 1 is 1.22 bits per heavy atom. The van der Waals surface area contributed by atoms with Gasteiger partial charge < -0.3 is 10.1 Å². The van der Waals surface area contributed by atoms with Gasteiger partial charge in [0.2, 0.25) is 0 Å². The molecule has 0 saturated heterocycles. The number of benzene rings is 1. The molecule has 102 valence electrons. The van der Waals surface area contributed by atoms with Crippen LogP contribution < -0.4 is 10.1 Å². The highest BCUT2D eigenvalue weighted by Crippen LogP contribution is 2.24. The van der Waals surface area contributed by atoms with E-state index in [4.69, 9.17) is 4.74 Å². The zero-order chi connectivity index (χ0) is 13.5. The van der Waals surface area contributed by atoms with E-state index >= 15 is 0 Å². The molecule has 0 heterocycles. The van der Waals surface area contributed by atoms with Gasteiger partial charge in [0.05, 0.1) is 0 Å². The predicted molar refractivity (Wildman–Crippen MR) is 78.5 cm³/mol. The van der Waals surface area contributed by atoms with E-state index in [9.17, 15) is 0 Å². The zero-order valence-corrected chi connectivity index (χ0v) is 12.4. The topological polar surface area (TPSA) is 21.3 Å². The molecule has 2 nitrogen and oxygen atoms in total. The van der Waals surface area contributed by atoms with Crippen LogP contribution >= 0.6 is 0 Å². The second kappa shape index (κ2) is 7.42. The van der Waals surface area contributed by atoms with Gasteiger partial charge in [-0.2, -0.15) is 0 Å². The fourth-order valence-corrected chi connectivity index (χ4v) is 1.74. The molecule has 0 aliphatic carbocycles. The van der Waals surface area contributed by atoms with E-state index in [1.54, 1.807) is 0 Å². The molecule has 1 rings (SSSR count). The molecule has 1 N–H and O–H groups in total. The number of hydrogen-bond acceptors (Lipinski definition) is 2. The van der Waals surface area contributed by atoms with Crippen LogP contribution in [0.15, 0.2) is 18.2 Å². The van der Waals surface area contributed by atoms with E-state index in [1.807, 2.05) is 0 Å². The fraction of sp³-hybridized carbons (Fsp3) is 0.625. The lowest BCUT2D eigenvalue weighted by molar-refractivity contribution is 0.304. The first-order chi connectivity index (χ1) is 8.54. The maximum absolute atomic E-state index is 5.86. The molecule has 0 fully saturated rings. The van der Waals surface area contributed by atoms with Crippen LogP contribution in [0.3, 0.4) is 0 Å². The number of hydrogen-bond donors (Lipinski definition) is 1. The van der Waals surface area contributed by atoms with Gasteiger partial charge in [0, 0.05) is 12.6 Å². The van der Waals surface area contributed by atoms with Crippen LogP contribution in [0.25, 0.3) is 0 Å². The Bertz CT molecular complexity index is 360. The van der Waals surface area contributed by atoms with Gasteiger partial charge in [-0.15, -0.1) is 0 Å². The molecule has 1 aromatic rings. The van der Waals surface area contributed by atoms with Gasteiger partial charge in [0.15, 0.2) is 0 Å². The number of nitrogens with one attached hydrogen (secondary N) is 1. The van der Waals surface area contributed by atoms with Crippen LogP contribution in [0.5, 0.6) is 5.75 Å². The fourth-order valence-electron chi connectivity index (χ4n) is 1.74. The predicted octanol–water partition coefficient (Wildman–Crippen LogP) is 3.89. The monoisotopic (exact) mass is 249 g/mol. The quantitative estimate of drug-likeness (QED) is 0.740. The van der Waals surface area contributed by atoms with Crippen molar-refractivity contribution in [2.45, 2.75) is 53.0 Å². The summed E-state index contributed by atoms with van der Waals surface area (Å²) in [6, 6.07) is 7.07. The molecule has 1 atom stereocenters. The summed E-state index contributed by atoms with van der Waals surface area (Å²) in [6.07, 6.45) is 1.15. The summed E-state index contributed by atoms with van der Waals surface area (Å²) in [5.41, 5.74) is 2.55. The second-order valence-electron chi connectivity index (χ2n) is 5.29. The van der Waals surface area contributed by atoms with Gasteiger partial charge >= 0.3 is 0 Å². The zero-order valence-electron chi connectivity index (χ0n) is 12.4. The summed E-state index contributed by atoms with van der Waals surface area (Å²) in [4.78, 5) is 0. The van der Waals surface area contributed by atoms with Crippen LogP contribution in [-0.2, 0) is 0 Å². The molecule has 0 radical (unpaired) electrons. The standard InChI is InChI=1S/C16H27NO/c1-6-14(5)17-9-10-18-16-11-15(12(2)3)8-7-13(16)4/h7-8,11-12,14,17H,6,9-10H2,1-5H3. The first-order valence-electron chi connectivity index (χ1n) is 7.01. The van der Waals surface area contributed by atoms with E-state index < -0.39 is 0 Å². The summed E-state index contributed by atoms with van der Waals surface area (Å²) in [5, 5.41) is 3.43. The molecular formula is C16H27NO. The third-order valence-corrected chi connectivity index (χ3v) is 3.34. The molecule has 0 aliphatic rings. The van der Waals surface area contributed by atoms with Crippen molar-refractivity contribution in [1.82, 2.24) is 5.32 Å². The summed E-state index contributed by atoms with van der Waals surface area (Å²) in [6.45, 7) is 12.5. The highest BCUT2D eigenvalue weighted by atomic mass is 16.5. The minimum absolute atomic E-state index is 0.547. The molecule has 1 unspecified atom stereocenters. The summed E-state index contributed by atoms with van der Waals surface area (Å²) < 4.78 is 5.86. The largest absolute Gasteiger partial charge is 0.492 e. The van der Waals surface area contributed by atoms with Crippen molar-refractivity contribution in [2.24, 2.45) is 0 Å². The number of rotatable bonds is 7. The Labute approximate surface area is 112 Å². The number of ether oxygens (including phenoxy) is 1. The lowest BCUT2D eigenvalue weighted by Crippen LogP contribution is -2.29. The molecule has 0 spiro atoms. The van der Waals surface area contributed by atoms with E-state index in [0.717, 1.165) is 25.3 Å². The van der Waals surface area contributed by atoms with Crippen molar-refractivity contribution in [3.05, 3.63) is 29.3 Å². The Hall–Kier alpha value is -1.02. The Kier molecular flexibility index (Phi) is 6.20. The smallest absolute Gasteiger partial charge is 0.122 e. The molecule has 0 aromatic heterocycles. The Morgan fingerprint density at radius 3 is 2.56 bits per heavy atom. The Balaban J connectivity index is 2.48. The van der Waals surface area contributed by atoms with Crippen molar-refractivity contribution in [3.63, 3.8) is 0 Å². The van der Waals surface area contributed by atoms with Crippen LogP contribution in [0.1, 0.15) is 51.2 Å². The lowest BCUT2D eigenvalue weighted by Gasteiger charge is -2.15. The summed E-state index contributed by atoms with van der Waals surface area (Å²) in [7, 11) is 0. The van der Waals surface area contributed by atoms with Crippen molar-refractivity contribution < 1.29 is 4.74 Å². The van der Waals surface area contributed by atoms with E-state index in [-0.39, 0.29) is 0 Å². The molecule has 0 bridgehead atoms. The van der Waals surface area contributed by atoms with Gasteiger partial charge in [-0.3, -0.25) is 0 Å². The van der Waals surface area contributed by atoms with Gasteiger partial charge in [-0.05, 0) is 43.4 Å². The van der Waals surface area contributed by atoms with Crippen molar-refractivity contribution in [1.29, 1.82) is 0 Å². The molecule has 18 heavy (non-hydrogen) atoms. The van der Waals surface area contributed by atoms with Gasteiger partial charge in [0.1, 0.15) is 12.4 Å². The van der Waals surface area contributed by atoms with Crippen LogP contribution in [0.4, 0.5) is 0 Å². The Morgan fingerprint density at radius 2 is 1.94 bits per heavy atom. The van der Waals surface area contributed by atoms with Gasteiger partial charge in [-0.1, -0.05) is 32.9 Å². The maximum atomic E-state index is 5.86. The number of aryl methyl sites for hydroxylation is 1. The van der Waals surface area contributed by atoms with Gasteiger partial charge in [-0.25, -0.2) is 0 Å². The van der Waals surface area contributed by atoms with Crippen LogP contribution in [0, 0.1) is 6.92 Å². The van der Waals surface area contributed by atoms with Crippen molar-refractivity contribution >= 4 is 0 Å². The SMILES string of the molecule is CCC(C)NCCOc1cc(C(C)C)ccc1C. The summed E-state index contributed by atoms with van der Waals surface area (Å²) >= 11 is 0. The average molecular weight is 249 g/mol. The first-order valence-corrected chi connectivity index (χ1v) is 7.01. The van der Waals surface area contributed by atoms with Crippen LogP contribution in [-0.4, -0.2) is 19.2 Å². The molecule has 0 amide bonds. The van der Waals surface area contributed by atoms with E-state index in [2.05, 4.69) is 58.1 Å². The third kappa shape index (κ3) is 4.69. The third-order valence-electron chi connectivity index (χ3n) is 3.34. The molecule has 0 aliphatic heterocycles. The highest BCUT2D eigenvalue weighted by molar-refractivity contribution is 5.37. The lowest BCUT2D eigenvalue weighted by atomic mass is 10.0. The summed E-state index contributed by atoms with van der Waals surface area (Å²) in [5.74, 6) is 1.57. The van der Waals surface area contributed by atoms with Gasteiger partial charge in [0.25, 0.3) is 0 Å².